The molecule has 7 nitrogen and oxygen atoms in total. The fourth-order valence-electron chi connectivity index (χ4n) is 4.29. The van der Waals surface area contributed by atoms with Gasteiger partial charge in [0.2, 0.25) is 0 Å². The summed E-state index contributed by atoms with van der Waals surface area (Å²) in [6, 6.07) is 9.22. The number of allylic oxidation sites excluding steroid dienone is 1. The van der Waals surface area contributed by atoms with Crippen LogP contribution >= 0.6 is 0 Å². The van der Waals surface area contributed by atoms with E-state index in [0.29, 0.717) is 48.6 Å². The number of Topliss-reactive ketones (excluding diaryl/α,β-unsaturated/α-hetero) is 1. The van der Waals surface area contributed by atoms with E-state index in [1.807, 2.05) is 44.2 Å². The van der Waals surface area contributed by atoms with Crippen LogP contribution < -0.4 is 10.5 Å². The Morgan fingerprint density at radius 3 is 2.71 bits per heavy atom. The Hall–Kier alpha value is -3.03. The van der Waals surface area contributed by atoms with Gasteiger partial charge in [0.25, 0.3) is 5.56 Å². The molecule has 0 radical (unpaired) electrons. The van der Waals surface area contributed by atoms with Crippen molar-refractivity contribution in [2.75, 3.05) is 26.3 Å². The van der Waals surface area contributed by atoms with Gasteiger partial charge in [-0.25, -0.2) is 4.98 Å². The fourth-order valence-corrected chi connectivity index (χ4v) is 4.29. The number of aryl methyl sites for hydroxylation is 1. The van der Waals surface area contributed by atoms with E-state index >= 15 is 0 Å². The number of ether oxygens (including phenoxy) is 1. The van der Waals surface area contributed by atoms with Crippen molar-refractivity contribution in [2.45, 2.75) is 33.5 Å². The van der Waals surface area contributed by atoms with Crippen LogP contribution in [0, 0.1) is 13.8 Å². The standard InChI is InChI=1S/C24H28N4O3/c1-4-9-27-17(2)14-20(18(27)3)22(29)15-28-23(16-26-10-12-31-13-11-26)25-21-8-6-5-7-19(21)24(28)30/h4-8,14H,1,9-13,15-16H2,2-3H3/p+1. The van der Waals surface area contributed by atoms with Crippen molar-refractivity contribution in [3.05, 3.63) is 76.1 Å². The molecule has 0 spiro atoms. The van der Waals surface area contributed by atoms with E-state index in [-0.39, 0.29) is 17.9 Å². The molecule has 1 N–H and O–H groups in total. The first-order chi connectivity index (χ1) is 15.0. The third kappa shape index (κ3) is 4.24. The molecule has 0 bridgehead atoms. The maximum absolute atomic E-state index is 13.3. The van der Waals surface area contributed by atoms with Gasteiger partial charge >= 0.3 is 0 Å². The Morgan fingerprint density at radius 1 is 1.23 bits per heavy atom. The largest absolute Gasteiger partial charge is 0.370 e. The van der Waals surface area contributed by atoms with Crippen LogP contribution in [0.4, 0.5) is 0 Å². The molecule has 1 saturated heterocycles. The highest BCUT2D eigenvalue weighted by Crippen LogP contribution is 2.17. The van der Waals surface area contributed by atoms with E-state index in [0.717, 1.165) is 24.5 Å². The second kappa shape index (κ2) is 8.99. The Bertz CT molecular complexity index is 1190. The van der Waals surface area contributed by atoms with E-state index in [2.05, 4.69) is 11.1 Å². The lowest BCUT2D eigenvalue weighted by Crippen LogP contribution is -3.13. The summed E-state index contributed by atoms with van der Waals surface area (Å²) in [7, 11) is 0. The summed E-state index contributed by atoms with van der Waals surface area (Å²) in [4.78, 5) is 32.7. The molecule has 0 saturated carbocycles. The average molecular weight is 422 g/mol. The van der Waals surface area contributed by atoms with Gasteiger partial charge < -0.3 is 14.2 Å². The number of benzene rings is 1. The number of hydrogen-bond acceptors (Lipinski definition) is 4. The molecule has 0 unspecified atom stereocenters. The second-order valence-electron chi connectivity index (χ2n) is 8.08. The molecule has 0 atom stereocenters. The van der Waals surface area contributed by atoms with Crippen molar-refractivity contribution in [2.24, 2.45) is 0 Å². The van der Waals surface area contributed by atoms with E-state index < -0.39 is 0 Å². The van der Waals surface area contributed by atoms with Crippen LogP contribution in [0.25, 0.3) is 10.9 Å². The highest BCUT2D eigenvalue weighted by atomic mass is 16.5. The number of para-hydroxylation sites is 1. The first-order valence-electron chi connectivity index (χ1n) is 10.7. The number of morpholine rings is 1. The van der Waals surface area contributed by atoms with Crippen LogP contribution in [0.15, 0.2) is 47.8 Å². The highest BCUT2D eigenvalue weighted by molar-refractivity contribution is 5.97. The van der Waals surface area contributed by atoms with Crippen molar-refractivity contribution in [3.63, 3.8) is 0 Å². The lowest BCUT2D eigenvalue weighted by molar-refractivity contribution is -0.922. The number of carbonyl (C=O) groups excluding carboxylic acids is 1. The quantitative estimate of drug-likeness (QED) is 0.461. The van der Waals surface area contributed by atoms with Gasteiger partial charge in [-0.3, -0.25) is 14.2 Å². The number of nitrogens with zero attached hydrogens (tertiary/aromatic N) is 3. The molecule has 1 aromatic carbocycles. The summed E-state index contributed by atoms with van der Waals surface area (Å²) in [6.07, 6.45) is 1.81. The molecule has 162 valence electrons. The average Bonchev–Trinajstić information content (AvgIpc) is 3.06. The third-order valence-electron chi connectivity index (χ3n) is 6.04. The molecule has 0 amide bonds. The molecular formula is C24H29N4O3+. The molecule has 3 aromatic rings. The van der Waals surface area contributed by atoms with Gasteiger partial charge in [0.1, 0.15) is 19.6 Å². The number of hydrogen-bond donors (Lipinski definition) is 1. The van der Waals surface area contributed by atoms with Crippen molar-refractivity contribution in [1.82, 2.24) is 14.1 Å². The predicted octanol–water partition coefficient (Wildman–Crippen LogP) is 1.30. The molecule has 3 heterocycles. The molecule has 1 aliphatic heterocycles. The minimum absolute atomic E-state index is 0.0197. The van der Waals surface area contributed by atoms with Gasteiger partial charge in [0, 0.05) is 23.5 Å². The number of rotatable bonds is 7. The normalized spacial score (nSPS) is 14.8. The molecule has 0 aliphatic carbocycles. The molecule has 1 aliphatic rings. The zero-order valence-electron chi connectivity index (χ0n) is 18.2. The van der Waals surface area contributed by atoms with E-state index in [1.54, 1.807) is 10.6 Å². The lowest BCUT2D eigenvalue weighted by atomic mass is 10.1. The van der Waals surface area contributed by atoms with Crippen LogP contribution in [-0.4, -0.2) is 46.2 Å². The van der Waals surface area contributed by atoms with Crippen LogP contribution in [0.1, 0.15) is 27.6 Å². The van der Waals surface area contributed by atoms with Gasteiger partial charge in [0.15, 0.2) is 11.6 Å². The van der Waals surface area contributed by atoms with Gasteiger partial charge in [-0.15, -0.1) is 6.58 Å². The second-order valence-corrected chi connectivity index (χ2v) is 8.08. The molecule has 2 aromatic heterocycles. The minimum atomic E-state index is -0.165. The van der Waals surface area contributed by atoms with E-state index in [4.69, 9.17) is 9.72 Å². The molecule has 4 rings (SSSR count). The van der Waals surface area contributed by atoms with Crippen molar-refractivity contribution >= 4 is 16.7 Å². The van der Waals surface area contributed by atoms with E-state index in [1.165, 1.54) is 4.90 Å². The monoisotopic (exact) mass is 421 g/mol. The smallest absolute Gasteiger partial charge is 0.261 e. The lowest BCUT2D eigenvalue weighted by Gasteiger charge is -2.24. The number of quaternary nitrogens is 1. The maximum atomic E-state index is 13.3. The van der Waals surface area contributed by atoms with Gasteiger partial charge in [-0.05, 0) is 32.0 Å². The van der Waals surface area contributed by atoms with Crippen LogP contribution in [0.3, 0.4) is 0 Å². The van der Waals surface area contributed by atoms with Crippen LogP contribution in [-0.2, 0) is 24.4 Å². The molecular weight excluding hydrogens is 392 g/mol. The fraction of sp³-hybridized carbons (Fsp3) is 0.375. The van der Waals surface area contributed by atoms with E-state index in [9.17, 15) is 9.59 Å². The Labute approximate surface area is 181 Å². The zero-order chi connectivity index (χ0) is 22.0. The Balaban J connectivity index is 1.73. The summed E-state index contributed by atoms with van der Waals surface area (Å²) < 4.78 is 9.08. The summed E-state index contributed by atoms with van der Waals surface area (Å²) >= 11 is 0. The Morgan fingerprint density at radius 2 is 1.97 bits per heavy atom. The summed E-state index contributed by atoms with van der Waals surface area (Å²) in [5, 5.41) is 0.535. The zero-order valence-corrected chi connectivity index (χ0v) is 18.2. The molecule has 1 fully saturated rings. The van der Waals surface area contributed by atoms with Crippen molar-refractivity contribution < 1.29 is 14.4 Å². The number of nitrogens with one attached hydrogen (secondary N) is 1. The van der Waals surface area contributed by atoms with Crippen LogP contribution in [0.2, 0.25) is 0 Å². The number of carbonyl (C=O) groups is 1. The first-order valence-corrected chi connectivity index (χ1v) is 10.7. The number of ketones is 1. The van der Waals surface area contributed by atoms with Gasteiger partial charge in [-0.2, -0.15) is 0 Å². The first kappa shape index (κ1) is 21.2. The maximum Gasteiger partial charge on any atom is 0.261 e. The predicted molar refractivity (Wildman–Crippen MR) is 120 cm³/mol. The summed E-state index contributed by atoms with van der Waals surface area (Å²) in [6.45, 7) is 12.0. The van der Waals surface area contributed by atoms with Crippen LogP contribution in [0.5, 0.6) is 0 Å². The SMILES string of the molecule is C=CCn1c(C)cc(C(=O)Cn2c(C[NH+]3CCOCC3)nc3ccccc3c2=O)c1C. The minimum Gasteiger partial charge on any atom is -0.370 e. The highest BCUT2D eigenvalue weighted by Gasteiger charge is 2.22. The third-order valence-corrected chi connectivity index (χ3v) is 6.04. The van der Waals surface area contributed by atoms with Crippen molar-refractivity contribution in [1.29, 1.82) is 0 Å². The van der Waals surface area contributed by atoms with Crippen molar-refractivity contribution in [3.8, 4) is 0 Å². The number of fused-ring (bicyclic) bond motifs is 1. The topological polar surface area (TPSA) is 70.6 Å². The summed E-state index contributed by atoms with van der Waals surface area (Å²) in [5.74, 6) is 0.565. The van der Waals surface area contributed by atoms with Gasteiger partial charge in [0.05, 0.1) is 30.7 Å². The number of aromatic nitrogens is 3. The Kier molecular flexibility index (Phi) is 6.15. The summed E-state index contributed by atoms with van der Waals surface area (Å²) in [5.41, 5.74) is 3.04. The molecule has 31 heavy (non-hydrogen) atoms. The van der Waals surface area contributed by atoms with Gasteiger partial charge in [-0.1, -0.05) is 18.2 Å². The molecule has 7 heteroatoms.